The van der Waals surface area contributed by atoms with Gasteiger partial charge in [-0.05, 0) is 49.2 Å². The Morgan fingerprint density at radius 1 is 1.00 bits per heavy atom. The van der Waals surface area contributed by atoms with E-state index in [0.717, 1.165) is 24.8 Å². The Kier molecular flexibility index (Phi) is 7.68. The highest BCUT2D eigenvalue weighted by molar-refractivity contribution is 5.93. The molecule has 1 amide bonds. The van der Waals surface area contributed by atoms with E-state index in [-0.39, 0.29) is 18.5 Å². The monoisotopic (exact) mass is 355 g/mol. The van der Waals surface area contributed by atoms with Gasteiger partial charge in [-0.15, -0.1) is 0 Å². The van der Waals surface area contributed by atoms with Crippen LogP contribution in [0.25, 0.3) is 0 Å². The molecule has 0 fully saturated rings. The third-order valence-corrected chi connectivity index (χ3v) is 3.84. The number of rotatable bonds is 9. The molecule has 2 aromatic carbocycles. The van der Waals surface area contributed by atoms with Gasteiger partial charge in [0.05, 0.1) is 12.2 Å². The maximum atomic E-state index is 12.0. The van der Waals surface area contributed by atoms with Crippen LogP contribution in [0.15, 0.2) is 48.5 Å². The van der Waals surface area contributed by atoms with Crippen molar-refractivity contribution in [1.82, 2.24) is 0 Å². The first-order chi connectivity index (χ1) is 12.6. The van der Waals surface area contributed by atoms with Gasteiger partial charge in [-0.3, -0.25) is 4.79 Å². The summed E-state index contributed by atoms with van der Waals surface area (Å²) < 4.78 is 10.7. The highest BCUT2D eigenvalue weighted by Gasteiger charge is 2.09. The second-order valence-corrected chi connectivity index (χ2v) is 6.02. The molecule has 0 unspecified atom stereocenters. The molecule has 0 bridgehead atoms. The third kappa shape index (κ3) is 6.24. The van der Waals surface area contributed by atoms with Crippen molar-refractivity contribution in [3.8, 4) is 5.75 Å². The first-order valence-corrected chi connectivity index (χ1v) is 8.85. The van der Waals surface area contributed by atoms with Crippen LogP contribution in [-0.2, 0) is 9.53 Å². The van der Waals surface area contributed by atoms with E-state index in [2.05, 4.69) is 12.2 Å². The van der Waals surface area contributed by atoms with Crippen LogP contribution < -0.4 is 10.1 Å². The zero-order valence-electron chi connectivity index (χ0n) is 15.3. The molecule has 0 aromatic heterocycles. The molecule has 0 heterocycles. The number of para-hydroxylation sites is 1. The molecule has 0 aliphatic heterocycles. The minimum atomic E-state index is -0.345. The molecular formula is C21H25NO4. The topological polar surface area (TPSA) is 64.6 Å². The molecule has 1 N–H and O–H groups in total. The minimum Gasteiger partial charge on any atom is -0.483 e. The van der Waals surface area contributed by atoms with Crippen molar-refractivity contribution in [2.24, 2.45) is 0 Å². The number of unbranched alkanes of at least 4 members (excludes halogenated alkanes) is 2. The molecule has 2 aromatic rings. The molecule has 0 atom stereocenters. The summed E-state index contributed by atoms with van der Waals surface area (Å²) in [6.45, 7) is 4.38. The number of ether oxygens (including phenoxy) is 2. The van der Waals surface area contributed by atoms with Crippen LogP contribution in [0.3, 0.4) is 0 Å². The van der Waals surface area contributed by atoms with Crippen molar-refractivity contribution in [3.05, 3.63) is 59.7 Å². The van der Waals surface area contributed by atoms with Gasteiger partial charge in [0, 0.05) is 5.69 Å². The molecule has 0 aliphatic rings. The van der Waals surface area contributed by atoms with Crippen LogP contribution in [-0.4, -0.2) is 25.1 Å². The number of benzene rings is 2. The van der Waals surface area contributed by atoms with Crippen molar-refractivity contribution >= 4 is 17.6 Å². The second-order valence-electron chi connectivity index (χ2n) is 6.02. The summed E-state index contributed by atoms with van der Waals surface area (Å²) in [5.74, 6) is 0.0776. The van der Waals surface area contributed by atoms with Gasteiger partial charge in [-0.1, -0.05) is 38.0 Å². The van der Waals surface area contributed by atoms with Gasteiger partial charge in [0.15, 0.2) is 6.61 Å². The number of amides is 1. The molecule has 26 heavy (non-hydrogen) atoms. The van der Waals surface area contributed by atoms with E-state index in [1.54, 1.807) is 24.3 Å². The SMILES string of the molecule is CCCCCOC(=O)c1ccc(NC(=O)COc2ccccc2C)cc1. The zero-order valence-corrected chi connectivity index (χ0v) is 15.3. The Balaban J connectivity index is 1.80. The third-order valence-electron chi connectivity index (χ3n) is 3.84. The molecule has 0 saturated carbocycles. The largest absolute Gasteiger partial charge is 0.483 e. The Hall–Kier alpha value is -2.82. The number of hydrogen-bond acceptors (Lipinski definition) is 4. The molecule has 0 aliphatic carbocycles. The fourth-order valence-electron chi connectivity index (χ4n) is 2.35. The van der Waals surface area contributed by atoms with Gasteiger partial charge < -0.3 is 14.8 Å². The van der Waals surface area contributed by atoms with Crippen molar-refractivity contribution in [3.63, 3.8) is 0 Å². The Morgan fingerprint density at radius 3 is 2.42 bits per heavy atom. The van der Waals surface area contributed by atoms with Gasteiger partial charge in [0.2, 0.25) is 0 Å². The first kappa shape index (κ1) is 19.5. The lowest BCUT2D eigenvalue weighted by Gasteiger charge is -2.10. The van der Waals surface area contributed by atoms with E-state index >= 15 is 0 Å². The van der Waals surface area contributed by atoms with Gasteiger partial charge in [-0.25, -0.2) is 4.79 Å². The smallest absolute Gasteiger partial charge is 0.338 e. The van der Waals surface area contributed by atoms with Gasteiger partial charge in [-0.2, -0.15) is 0 Å². The molecule has 5 nitrogen and oxygen atoms in total. The molecule has 5 heteroatoms. The maximum absolute atomic E-state index is 12.0. The molecule has 138 valence electrons. The van der Waals surface area contributed by atoms with Crippen LogP contribution in [0.4, 0.5) is 5.69 Å². The van der Waals surface area contributed by atoms with Crippen LogP contribution >= 0.6 is 0 Å². The van der Waals surface area contributed by atoms with E-state index in [1.165, 1.54) is 0 Å². The fourth-order valence-corrected chi connectivity index (χ4v) is 2.35. The second kappa shape index (κ2) is 10.2. The van der Waals surface area contributed by atoms with Crippen molar-refractivity contribution in [2.45, 2.75) is 33.1 Å². The lowest BCUT2D eigenvalue weighted by atomic mass is 10.2. The zero-order chi connectivity index (χ0) is 18.8. The summed E-state index contributed by atoms with van der Waals surface area (Å²) >= 11 is 0. The normalized spacial score (nSPS) is 10.2. The number of carbonyl (C=O) groups is 2. The predicted molar refractivity (Wildman–Crippen MR) is 102 cm³/mol. The summed E-state index contributed by atoms with van der Waals surface area (Å²) in [6.07, 6.45) is 3.00. The number of esters is 1. The molecule has 0 saturated heterocycles. The van der Waals surface area contributed by atoms with Crippen molar-refractivity contribution < 1.29 is 19.1 Å². The average Bonchev–Trinajstić information content (AvgIpc) is 2.65. The Labute approximate surface area is 154 Å². The lowest BCUT2D eigenvalue weighted by Crippen LogP contribution is -2.20. The van der Waals surface area contributed by atoms with Gasteiger partial charge >= 0.3 is 5.97 Å². The molecule has 0 spiro atoms. The minimum absolute atomic E-state index is 0.0773. The maximum Gasteiger partial charge on any atom is 0.338 e. The number of hydrogen-bond donors (Lipinski definition) is 1. The predicted octanol–water partition coefficient (Wildman–Crippen LogP) is 4.36. The van der Waals surface area contributed by atoms with Crippen LogP contribution in [0.5, 0.6) is 5.75 Å². The summed E-state index contributed by atoms with van der Waals surface area (Å²) in [7, 11) is 0. The summed E-state index contributed by atoms with van der Waals surface area (Å²) in [6, 6.07) is 14.2. The van der Waals surface area contributed by atoms with Crippen molar-refractivity contribution in [1.29, 1.82) is 0 Å². The van der Waals surface area contributed by atoms with Crippen molar-refractivity contribution in [2.75, 3.05) is 18.5 Å². The summed E-state index contributed by atoms with van der Waals surface area (Å²) in [5.41, 5.74) is 2.05. The summed E-state index contributed by atoms with van der Waals surface area (Å²) in [5, 5.41) is 2.74. The number of nitrogens with one attached hydrogen (secondary N) is 1. The van der Waals surface area contributed by atoms with E-state index in [1.807, 2.05) is 31.2 Å². The standard InChI is InChI=1S/C21H25NO4/c1-3-4-7-14-25-21(24)17-10-12-18(13-11-17)22-20(23)15-26-19-9-6-5-8-16(19)2/h5-6,8-13H,3-4,7,14-15H2,1-2H3,(H,22,23). The van der Waals surface area contributed by atoms with E-state index in [0.29, 0.717) is 23.6 Å². The van der Waals surface area contributed by atoms with E-state index in [4.69, 9.17) is 9.47 Å². The quantitative estimate of drug-likeness (QED) is 0.536. The highest BCUT2D eigenvalue weighted by atomic mass is 16.5. The fraction of sp³-hybridized carbons (Fsp3) is 0.333. The molecular weight excluding hydrogens is 330 g/mol. The Morgan fingerprint density at radius 2 is 1.73 bits per heavy atom. The highest BCUT2D eigenvalue weighted by Crippen LogP contribution is 2.16. The molecule has 0 radical (unpaired) electrons. The van der Waals surface area contributed by atoms with Gasteiger partial charge in [0.25, 0.3) is 5.91 Å². The lowest BCUT2D eigenvalue weighted by molar-refractivity contribution is -0.118. The Bertz CT molecular complexity index is 725. The summed E-state index contributed by atoms with van der Waals surface area (Å²) in [4.78, 5) is 23.9. The first-order valence-electron chi connectivity index (χ1n) is 8.85. The average molecular weight is 355 g/mol. The van der Waals surface area contributed by atoms with Crippen LogP contribution in [0, 0.1) is 6.92 Å². The van der Waals surface area contributed by atoms with E-state index < -0.39 is 0 Å². The molecule has 2 rings (SSSR count). The van der Waals surface area contributed by atoms with Crippen LogP contribution in [0.1, 0.15) is 42.1 Å². The van der Waals surface area contributed by atoms with Crippen LogP contribution in [0.2, 0.25) is 0 Å². The number of carbonyl (C=O) groups excluding carboxylic acids is 2. The number of aryl methyl sites for hydroxylation is 1. The number of anilines is 1. The van der Waals surface area contributed by atoms with Gasteiger partial charge in [0.1, 0.15) is 5.75 Å². The van der Waals surface area contributed by atoms with E-state index in [9.17, 15) is 9.59 Å².